The summed E-state index contributed by atoms with van der Waals surface area (Å²) in [5.41, 5.74) is 0. The molecule has 0 spiro atoms. The van der Waals surface area contributed by atoms with Crippen molar-refractivity contribution >= 4 is 17.9 Å². The molecule has 6 nitrogen and oxygen atoms in total. The first-order chi connectivity index (χ1) is 31.5. The smallest absolute Gasteiger partial charge is 0.306 e. The van der Waals surface area contributed by atoms with E-state index in [9.17, 15) is 14.4 Å². The first-order valence-electron chi connectivity index (χ1n) is 26.0. The first-order valence-corrected chi connectivity index (χ1v) is 26.0. The Morgan fingerprint density at radius 3 is 1.16 bits per heavy atom. The van der Waals surface area contributed by atoms with Gasteiger partial charge in [-0.1, -0.05) is 239 Å². The normalized spacial score (nSPS) is 13.0. The Balaban J connectivity index is 4.51. The van der Waals surface area contributed by atoms with E-state index in [4.69, 9.17) is 14.2 Å². The van der Waals surface area contributed by atoms with Gasteiger partial charge in [0.2, 0.25) is 0 Å². The molecule has 1 atom stereocenters. The van der Waals surface area contributed by atoms with Crippen LogP contribution in [0, 0.1) is 0 Å². The van der Waals surface area contributed by atoms with Gasteiger partial charge in [0.1, 0.15) is 13.2 Å². The van der Waals surface area contributed by atoms with Crippen molar-refractivity contribution in [3.63, 3.8) is 0 Å². The van der Waals surface area contributed by atoms with Crippen LogP contribution in [0.2, 0.25) is 0 Å². The van der Waals surface area contributed by atoms with Crippen molar-refractivity contribution in [2.24, 2.45) is 0 Å². The Labute approximate surface area is 393 Å². The van der Waals surface area contributed by atoms with Crippen LogP contribution in [0.4, 0.5) is 0 Å². The summed E-state index contributed by atoms with van der Waals surface area (Å²) in [5.74, 6) is -0.960. The summed E-state index contributed by atoms with van der Waals surface area (Å²) in [6.45, 7) is 6.32. The summed E-state index contributed by atoms with van der Waals surface area (Å²) in [4.78, 5) is 38.0. The lowest BCUT2D eigenvalue weighted by molar-refractivity contribution is -0.167. The highest BCUT2D eigenvalue weighted by Crippen LogP contribution is 2.15. The van der Waals surface area contributed by atoms with Crippen LogP contribution in [-0.2, 0) is 28.6 Å². The minimum atomic E-state index is -0.803. The van der Waals surface area contributed by atoms with Crippen LogP contribution in [0.5, 0.6) is 0 Å². The monoisotopic (exact) mass is 887 g/mol. The van der Waals surface area contributed by atoms with E-state index < -0.39 is 6.10 Å². The third-order valence-corrected chi connectivity index (χ3v) is 10.7. The van der Waals surface area contributed by atoms with Crippen molar-refractivity contribution in [2.45, 2.75) is 226 Å². The van der Waals surface area contributed by atoms with Crippen LogP contribution in [-0.4, -0.2) is 37.2 Å². The van der Waals surface area contributed by atoms with Crippen LogP contribution < -0.4 is 0 Å². The molecular weight excluding hydrogens is 793 g/mol. The van der Waals surface area contributed by atoms with Crippen molar-refractivity contribution in [1.82, 2.24) is 0 Å². The number of rotatable bonds is 45. The van der Waals surface area contributed by atoms with Crippen LogP contribution in [0.15, 0.2) is 109 Å². The van der Waals surface area contributed by atoms with Crippen molar-refractivity contribution in [2.75, 3.05) is 13.2 Å². The topological polar surface area (TPSA) is 78.9 Å². The fraction of sp³-hybridized carbons (Fsp3) is 0.638. The van der Waals surface area contributed by atoms with Gasteiger partial charge in [-0.15, -0.1) is 0 Å². The maximum absolute atomic E-state index is 12.8. The lowest BCUT2D eigenvalue weighted by atomic mass is 10.0. The van der Waals surface area contributed by atoms with Gasteiger partial charge in [-0.3, -0.25) is 14.4 Å². The third-order valence-electron chi connectivity index (χ3n) is 10.7. The zero-order valence-electron chi connectivity index (χ0n) is 41.3. The molecule has 0 aromatic carbocycles. The van der Waals surface area contributed by atoms with Gasteiger partial charge in [0.25, 0.3) is 0 Å². The van der Waals surface area contributed by atoms with E-state index in [0.29, 0.717) is 19.3 Å². The van der Waals surface area contributed by atoms with Crippen molar-refractivity contribution < 1.29 is 28.6 Å². The minimum absolute atomic E-state index is 0.0983. The standard InChI is InChI=1S/C58H94O6/c1-4-7-10-13-16-19-22-25-27-29-31-33-36-39-42-45-48-51-57(60)63-54-55(53-62-56(59)50-47-44-41-38-35-32-24-21-18-15-12-9-6-3)64-58(61)52-49-46-43-40-37-34-30-28-26-23-20-17-14-11-8-5-2/h7-8,10-11,13,16-17,19-20,22,25-29,31,33,36,55H,4-6,9,12,14-15,18,21,23-24,30,32,34-35,37-54H2,1-3H3/b10-7-,11-8-,16-13-,20-17-,22-19-,27-25-,28-26-,31-29+,36-33-. The van der Waals surface area contributed by atoms with Crippen LogP contribution >= 0.6 is 0 Å². The Morgan fingerprint density at radius 1 is 0.344 bits per heavy atom. The SMILES string of the molecule is CC\C=C/C=C\C=C/C=C\C=C\C=C/CCCCCC(=O)OCC(COC(=O)CCCCCCCCCCCCCCC)OC(=O)CCCCCCCC/C=C\C/C=C\C/C=C\CC. The fourth-order valence-electron chi connectivity index (χ4n) is 6.84. The first kappa shape index (κ1) is 60.1. The molecule has 64 heavy (non-hydrogen) atoms. The molecule has 6 heteroatoms. The molecular formula is C58H94O6. The van der Waals surface area contributed by atoms with Gasteiger partial charge in [-0.2, -0.15) is 0 Å². The summed E-state index contributed by atoms with van der Waals surface area (Å²) >= 11 is 0. The maximum Gasteiger partial charge on any atom is 0.306 e. The van der Waals surface area contributed by atoms with E-state index in [1.165, 1.54) is 77.0 Å². The van der Waals surface area contributed by atoms with E-state index in [-0.39, 0.29) is 31.1 Å². The molecule has 1 unspecified atom stereocenters. The third kappa shape index (κ3) is 49.1. The van der Waals surface area contributed by atoms with E-state index in [1.807, 2.05) is 60.8 Å². The van der Waals surface area contributed by atoms with Gasteiger partial charge in [-0.05, 0) is 70.6 Å². The second kappa shape index (κ2) is 51.7. The van der Waals surface area contributed by atoms with Crippen LogP contribution in [0.25, 0.3) is 0 Å². The highest BCUT2D eigenvalue weighted by Gasteiger charge is 2.19. The van der Waals surface area contributed by atoms with Crippen molar-refractivity contribution in [1.29, 1.82) is 0 Å². The van der Waals surface area contributed by atoms with Crippen molar-refractivity contribution in [3.05, 3.63) is 109 Å². The Kier molecular flexibility index (Phi) is 48.5. The van der Waals surface area contributed by atoms with Crippen molar-refractivity contribution in [3.8, 4) is 0 Å². The van der Waals surface area contributed by atoms with Gasteiger partial charge >= 0.3 is 17.9 Å². The van der Waals surface area contributed by atoms with Gasteiger partial charge in [0.15, 0.2) is 6.10 Å². The van der Waals surface area contributed by atoms with Crippen LogP contribution in [0.1, 0.15) is 220 Å². The second-order valence-electron chi connectivity index (χ2n) is 16.8. The van der Waals surface area contributed by atoms with Gasteiger partial charge in [0.05, 0.1) is 0 Å². The fourth-order valence-corrected chi connectivity index (χ4v) is 6.84. The van der Waals surface area contributed by atoms with E-state index in [1.54, 1.807) is 0 Å². The predicted molar refractivity (Wildman–Crippen MR) is 274 cm³/mol. The molecule has 0 heterocycles. The average molecular weight is 887 g/mol. The Morgan fingerprint density at radius 2 is 0.688 bits per heavy atom. The van der Waals surface area contributed by atoms with Gasteiger partial charge < -0.3 is 14.2 Å². The number of allylic oxidation sites excluding steroid dienone is 18. The van der Waals surface area contributed by atoms with Crippen LogP contribution in [0.3, 0.4) is 0 Å². The molecule has 362 valence electrons. The van der Waals surface area contributed by atoms with E-state index >= 15 is 0 Å². The number of hydrogen-bond donors (Lipinski definition) is 0. The molecule has 0 aromatic heterocycles. The number of ether oxygens (including phenoxy) is 3. The summed E-state index contributed by atoms with van der Waals surface area (Å²) in [6, 6.07) is 0. The second-order valence-corrected chi connectivity index (χ2v) is 16.8. The zero-order chi connectivity index (χ0) is 46.5. The van der Waals surface area contributed by atoms with Gasteiger partial charge in [-0.25, -0.2) is 0 Å². The molecule has 0 aliphatic rings. The van der Waals surface area contributed by atoms with Gasteiger partial charge in [0, 0.05) is 19.3 Å². The molecule has 0 N–H and O–H groups in total. The molecule has 0 saturated carbocycles. The number of carbonyl (C=O) groups is 3. The number of hydrogen-bond acceptors (Lipinski definition) is 6. The largest absolute Gasteiger partial charge is 0.462 e. The van der Waals surface area contributed by atoms with E-state index in [0.717, 1.165) is 103 Å². The zero-order valence-corrected chi connectivity index (χ0v) is 41.3. The molecule has 0 fully saturated rings. The highest BCUT2D eigenvalue weighted by atomic mass is 16.6. The Bertz CT molecular complexity index is 1340. The summed E-state index contributed by atoms with van der Waals surface area (Å²) in [5, 5.41) is 0. The molecule has 0 bridgehead atoms. The Hall–Kier alpha value is -3.93. The molecule has 0 saturated heterocycles. The average Bonchev–Trinajstić information content (AvgIpc) is 3.29. The lowest BCUT2D eigenvalue weighted by Gasteiger charge is -2.18. The molecule has 0 amide bonds. The molecule has 0 radical (unpaired) electrons. The molecule has 0 aromatic rings. The summed E-state index contributed by atoms with van der Waals surface area (Å²) < 4.78 is 16.8. The molecule has 0 aliphatic heterocycles. The number of carbonyl (C=O) groups excluding carboxylic acids is 3. The molecule has 0 rings (SSSR count). The number of esters is 3. The molecule has 0 aliphatic carbocycles. The summed E-state index contributed by atoms with van der Waals surface area (Å²) in [7, 11) is 0. The summed E-state index contributed by atoms with van der Waals surface area (Å²) in [6.07, 6.45) is 69.2. The quantitative estimate of drug-likeness (QED) is 0.0199. The predicted octanol–water partition coefficient (Wildman–Crippen LogP) is 17.1. The number of unbranched alkanes of at least 4 members (excludes halogenated alkanes) is 21. The minimum Gasteiger partial charge on any atom is -0.462 e. The lowest BCUT2D eigenvalue weighted by Crippen LogP contribution is -2.30. The van der Waals surface area contributed by atoms with E-state index in [2.05, 4.69) is 69.4 Å². The highest BCUT2D eigenvalue weighted by molar-refractivity contribution is 5.71. The maximum atomic E-state index is 12.8.